The maximum Gasteiger partial charge on any atom is 0.407 e. The Morgan fingerprint density at radius 2 is 1.88 bits per heavy atom. The third-order valence-corrected chi connectivity index (χ3v) is 2.40. The molecule has 0 rings (SSSR count). The fourth-order valence-corrected chi connectivity index (χ4v) is 1.17. The minimum atomic E-state index is -3.54. The molecule has 0 aromatic carbocycles. The van der Waals surface area contributed by atoms with E-state index in [0.29, 0.717) is 6.54 Å². The highest BCUT2D eigenvalue weighted by Gasteiger charge is 2.51. The lowest BCUT2D eigenvalue weighted by atomic mass is 9.91. The van der Waals surface area contributed by atoms with E-state index in [9.17, 15) is 18.0 Å². The number of hydrogen-bond donors (Lipinski definition) is 1. The Kier molecular flexibility index (Phi) is 5.78. The van der Waals surface area contributed by atoms with Crippen LogP contribution in [0.4, 0.5) is 18.0 Å². The van der Waals surface area contributed by atoms with Gasteiger partial charge in [-0.05, 0) is 20.3 Å². The van der Waals surface area contributed by atoms with E-state index in [-0.39, 0.29) is 0 Å². The third kappa shape index (κ3) is 4.83. The van der Waals surface area contributed by atoms with E-state index in [1.54, 1.807) is 0 Å². The summed E-state index contributed by atoms with van der Waals surface area (Å²) >= 11 is 0. The van der Waals surface area contributed by atoms with Crippen molar-refractivity contribution in [2.45, 2.75) is 45.7 Å². The summed E-state index contributed by atoms with van der Waals surface area (Å²) in [5.74, 6) is -4.92. The molecule has 0 aliphatic heterocycles. The molecule has 0 aromatic heterocycles. The molecule has 0 radical (unpaired) electrons. The number of nitrogens with one attached hydrogen (secondary N) is 1. The monoisotopic (exact) mass is 255 g/mol. The van der Waals surface area contributed by atoms with Gasteiger partial charge in [0.25, 0.3) is 5.92 Å². The molecule has 1 amide bonds. The lowest BCUT2D eigenvalue weighted by Gasteiger charge is -2.31. The minimum absolute atomic E-state index is 0.415. The number of halogens is 3. The van der Waals surface area contributed by atoms with Crippen LogP contribution in [-0.4, -0.2) is 30.8 Å². The zero-order valence-corrected chi connectivity index (χ0v) is 10.6. The zero-order chi connectivity index (χ0) is 13.7. The Morgan fingerprint density at radius 3 is 2.29 bits per heavy atom. The van der Waals surface area contributed by atoms with Crippen molar-refractivity contribution in [3.63, 3.8) is 0 Å². The number of ether oxygens (including phenoxy) is 1. The van der Waals surface area contributed by atoms with Gasteiger partial charge >= 0.3 is 6.09 Å². The summed E-state index contributed by atoms with van der Waals surface area (Å²) in [6.07, 6.45) is -0.0376. The maximum absolute atomic E-state index is 13.4. The van der Waals surface area contributed by atoms with Gasteiger partial charge in [-0.15, -0.1) is 0 Å². The first-order valence-corrected chi connectivity index (χ1v) is 5.60. The van der Waals surface area contributed by atoms with E-state index in [1.807, 2.05) is 6.92 Å². The van der Waals surface area contributed by atoms with E-state index in [0.717, 1.165) is 27.2 Å². The molecule has 0 bridgehead atoms. The predicted molar refractivity (Wildman–Crippen MR) is 58.9 cm³/mol. The Bertz CT molecular complexity index is 252. The molecule has 0 aliphatic carbocycles. The first kappa shape index (κ1) is 16.1. The fourth-order valence-electron chi connectivity index (χ4n) is 1.17. The van der Waals surface area contributed by atoms with Crippen LogP contribution < -0.4 is 5.32 Å². The van der Waals surface area contributed by atoms with Gasteiger partial charge in [-0.3, -0.25) is 0 Å². The molecule has 0 aromatic rings. The number of hydrogen-bond acceptors (Lipinski definition) is 2. The van der Waals surface area contributed by atoms with Gasteiger partial charge in [-0.25, -0.2) is 18.0 Å². The average molecular weight is 255 g/mol. The average Bonchev–Trinajstić information content (AvgIpc) is 2.21. The van der Waals surface area contributed by atoms with Gasteiger partial charge in [-0.2, -0.15) is 0 Å². The Hall–Kier alpha value is -0.940. The Balaban J connectivity index is 4.18. The Morgan fingerprint density at radius 1 is 1.35 bits per heavy atom. The number of amides is 1. The van der Waals surface area contributed by atoms with Crippen molar-refractivity contribution >= 4 is 6.09 Å². The van der Waals surface area contributed by atoms with Crippen LogP contribution in [0.1, 0.15) is 34.1 Å². The highest BCUT2D eigenvalue weighted by atomic mass is 19.3. The van der Waals surface area contributed by atoms with Crippen LogP contribution in [0.25, 0.3) is 0 Å². The van der Waals surface area contributed by atoms with Crippen molar-refractivity contribution in [2.24, 2.45) is 5.92 Å². The van der Waals surface area contributed by atoms with E-state index in [4.69, 9.17) is 0 Å². The molecule has 0 saturated carbocycles. The first-order valence-electron chi connectivity index (χ1n) is 5.60. The van der Waals surface area contributed by atoms with Crippen LogP contribution in [-0.2, 0) is 4.74 Å². The topological polar surface area (TPSA) is 38.3 Å². The standard InChI is InChI=1S/C11H20F3NO2/c1-5-6-15-9(16)17-7-8(2)11(13,14)10(3,4)12/h8H,5-7H2,1-4H3,(H,15,16). The summed E-state index contributed by atoms with van der Waals surface area (Å²) < 4.78 is 44.7. The van der Waals surface area contributed by atoms with E-state index in [2.05, 4.69) is 10.1 Å². The highest BCUT2D eigenvalue weighted by Crippen LogP contribution is 2.38. The molecular formula is C11H20F3NO2. The molecule has 1 unspecified atom stereocenters. The van der Waals surface area contributed by atoms with E-state index in [1.165, 1.54) is 0 Å². The van der Waals surface area contributed by atoms with Crippen LogP contribution in [0.3, 0.4) is 0 Å². The van der Waals surface area contributed by atoms with Crippen LogP contribution in [0, 0.1) is 5.92 Å². The summed E-state index contributed by atoms with van der Waals surface area (Å²) in [4.78, 5) is 11.0. The number of alkyl halides is 3. The van der Waals surface area contributed by atoms with Crippen LogP contribution in [0.15, 0.2) is 0 Å². The number of carbonyl (C=O) groups is 1. The van der Waals surface area contributed by atoms with Gasteiger partial charge in [0.05, 0.1) is 5.92 Å². The van der Waals surface area contributed by atoms with Crippen LogP contribution >= 0.6 is 0 Å². The summed E-state index contributed by atoms with van der Waals surface area (Å²) in [5, 5.41) is 2.38. The summed E-state index contributed by atoms with van der Waals surface area (Å²) in [6.45, 7) is 4.51. The van der Waals surface area contributed by atoms with Gasteiger partial charge in [0.15, 0.2) is 5.67 Å². The molecule has 0 aliphatic rings. The minimum Gasteiger partial charge on any atom is -0.449 e. The Labute approximate surface area is 99.7 Å². The van der Waals surface area contributed by atoms with Crippen molar-refractivity contribution < 1.29 is 22.7 Å². The second kappa shape index (κ2) is 6.12. The lowest BCUT2D eigenvalue weighted by molar-refractivity contribution is -0.164. The fraction of sp³-hybridized carbons (Fsp3) is 0.909. The quantitative estimate of drug-likeness (QED) is 0.791. The van der Waals surface area contributed by atoms with Crippen molar-refractivity contribution in [1.29, 1.82) is 0 Å². The lowest BCUT2D eigenvalue weighted by Crippen LogP contribution is -2.46. The summed E-state index contributed by atoms with van der Waals surface area (Å²) in [6, 6.07) is 0. The van der Waals surface area contributed by atoms with E-state index < -0.39 is 30.2 Å². The molecule has 0 spiro atoms. The van der Waals surface area contributed by atoms with Crippen molar-refractivity contribution in [2.75, 3.05) is 13.2 Å². The second-order valence-electron chi connectivity index (χ2n) is 4.52. The second-order valence-corrected chi connectivity index (χ2v) is 4.52. The highest BCUT2D eigenvalue weighted by molar-refractivity contribution is 5.67. The molecular weight excluding hydrogens is 235 g/mol. The van der Waals surface area contributed by atoms with Gasteiger partial charge in [-0.1, -0.05) is 13.8 Å². The summed E-state index contributed by atoms with van der Waals surface area (Å²) in [5.41, 5.74) is -2.64. The van der Waals surface area contributed by atoms with Gasteiger partial charge in [0.1, 0.15) is 6.61 Å². The molecule has 0 fully saturated rings. The zero-order valence-electron chi connectivity index (χ0n) is 10.6. The molecule has 0 heterocycles. The van der Waals surface area contributed by atoms with Gasteiger partial charge in [0.2, 0.25) is 0 Å². The molecule has 6 heteroatoms. The molecule has 1 atom stereocenters. The summed E-state index contributed by atoms with van der Waals surface area (Å²) in [7, 11) is 0. The smallest absolute Gasteiger partial charge is 0.407 e. The maximum atomic E-state index is 13.4. The van der Waals surface area contributed by atoms with Crippen molar-refractivity contribution in [1.82, 2.24) is 5.32 Å². The molecule has 17 heavy (non-hydrogen) atoms. The molecule has 0 saturated heterocycles. The van der Waals surface area contributed by atoms with Crippen molar-refractivity contribution in [3.8, 4) is 0 Å². The largest absolute Gasteiger partial charge is 0.449 e. The van der Waals surface area contributed by atoms with Crippen molar-refractivity contribution in [3.05, 3.63) is 0 Å². The molecule has 3 nitrogen and oxygen atoms in total. The number of carbonyl (C=O) groups excluding carboxylic acids is 1. The van der Waals surface area contributed by atoms with Gasteiger partial charge in [0, 0.05) is 6.54 Å². The number of rotatable bonds is 6. The van der Waals surface area contributed by atoms with E-state index >= 15 is 0 Å². The predicted octanol–water partition coefficient (Wildman–Crippen LogP) is 3.14. The first-order chi connectivity index (χ1) is 7.63. The van der Waals surface area contributed by atoms with Gasteiger partial charge < -0.3 is 10.1 Å². The number of alkyl carbamates (subject to hydrolysis) is 1. The normalized spacial score (nSPS) is 14.3. The third-order valence-electron chi connectivity index (χ3n) is 2.40. The molecule has 1 N–H and O–H groups in total. The SMILES string of the molecule is CCCNC(=O)OCC(C)C(F)(F)C(C)(C)F. The van der Waals surface area contributed by atoms with Crippen LogP contribution in [0.2, 0.25) is 0 Å². The van der Waals surface area contributed by atoms with Crippen LogP contribution in [0.5, 0.6) is 0 Å². The molecule has 102 valence electrons.